The van der Waals surface area contributed by atoms with Crippen LogP contribution in [0.2, 0.25) is 0 Å². The largest absolute Gasteiger partial charge is 0.497 e. The Morgan fingerprint density at radius 3 is 3.06 bits per heavy atom. The van der Waals surface area contributed by atoms with Crippen molar-refractivity contribution in [3.05, 3.63) is 18.2 Å². The van der Waals surface area contributed by atoms with Crippen molar-refractivity contribution in [3.8, 4) is 5.75 Å². The molecule has 1 amide bonds. The molecule has 5 heteroatoms. The molecule has 2 heterocycles. The molecule has 0 bridgehead atoms. The minimum atomic E-state index is -0.522. The van der Waals surface area contributed by atoms with E-state index in [9.17, 15) is 4.79 Å². The van der Waals surface area contributed by atoms with Crippen molar-refractivity contribution in [2.45, 2.75) is 13.0 Å². The summed E-state index contributed by atoms with van der Waals surface area (Å²) in [5.41, 5.74) is 1.14. The molecular formula is C13H16N2O3. The van der Waals surface area contributed by atoms with Gasteiger partial charge in [-0.3, -0.25) is 4.79 Å². The number of ether oxygens (including phenoxy) is 2. The molecule has 2 unspecified atom stereocenters. The summed E-state index contributed by atoms with van der Waals surface area (Å²) in [5, 5.41) is 6.33. The molecule has 1 saturated heterocycles. The molecule has 1 aromatic carbocycles. The van der Waals surface area contributed by atoms with Crippen LogP contribution in [0.3, 0.4) is 0 Å². The topological polar surface area (TPSA) is 59.6 Å². The smallest absolute Gasteiger partial charge is 0.234 e. The number of hydrogen-bond donors (Lipinski definition) is 2. The zero-order chi connectivity index (χ0) is 12.8. The van der Waals surface area contributed by atoms with Crippen molar-refractivity contribution in [2.24, 2.45) is 5.41 Å². The first-order valence-corrected chi connectivity index (χ1v) is 5.97. The SMILES string of the molecule is COc1ccc2c(c1)NC1COCC1(C)C(=O)N2. The van der Waals surface area contributed by atoms with Gasteiger partial charge in [-0.15, -0.1) is 0 Å². The lowest BCUT2D eigenvalue weighted by Gasteiger charge is -2.25. The average Bonchev–Trinajstić information content (AvgIpc) is 2.70. The van der Waals surface area contributed by atoms with E-state index in [2.05, 4.69) is 10.6 Å². The predicted molar refractivity (Wildman–Crippen MR) is 68.0 cm³/mol. The second-order valence-electron chi connectivity index (χ2n) is 5.00. The molecule has 0 aliphatic carbocycles. The molecule has 2 aliphatic heterocycles. The number of hydrogen-bond acceptors (Lipinski definition) is 4. The molecule has 1 fully saturated rings. The predicted octanol–water partition coefficient (Wildman–Crippen LogP) is 1.46. The molecular weight excluding hydrogens is 232 g/mol. The average molecular weight is 248 g/mol. The first kappa shape index (κ1) is 11.3. The van der Waals surface area contributed by atoms with Crippen LogP contribution in [0.25, 0.3) is 0 Å². The van der Waals surface area contributed by atoms with E-state index in [-0.39, 0.29) is 11.9 Å². The van der Waals surface area contributed by atoms with Crippen molar-refractivity contribution in [3.63, 3.8) is 0 Å². The number of carbonyl (C=O) groups excluding carboxylic acids is 1. The number of anilines is 2. The number of nitrogens with one attached hydrogen (secondary N) is 2. The normalized spacial score (nSPS) is 29.7. The Morgan fingerprint density at radius 1 is 1.44 bits per heavy atom. The van der Waals surface area contributed by atoms with E-state index in [0.29, 0.717) is 13.2 Å². The fourth-order valence-corrected chi connectivity index (χ4v) is 2.43. The maximum absolute atomic E-state index is 12.3. The summed E-state index contributed by atoms with van der Waals surface area (Å²) in [6, 6.07) is 5.57. The van der Waals surface area contributed by atoms with Gasteiger partial charge in [0, 0.05) is 6.07 Å². The maximum atomic E-state index is 12.3. The number of fused-ring (bicyclic) bond motifs is 2. The van der Waals surface area contributed by atoms with E-state index >= 15 is 0 Å². The van der Waals surface area contributed by atoms with E-state index in [4.69, 9.17) is 9.47 Å². The fraction of sp³-hybridized carbons (Fsp3) is 0.462. The minimum absolute atomic E-state index is 0.00131. The Hall–Kier alpha value is -1.75. The molecule has 0 spiro atoms. The highest BCUT2D eigenvalue weighted by Crippen LogP contribution is 2.39. The van der Waals surface area contributed by atoms with Crippen molar-refractivity contribution in [1.29, 1.82) is 0 Å². The minimum Gasteiger partial charge on any atom is -0.497 e. The molecule has 3 rings (SSSR count). The Balaban J connectivity index is 2.03. The summed E-state index contributed by atoms with van der Waals surface area (Å²) < 4.78 is 10.6. The summed E-state index contributed by atoms with van der Waals surface area (Å²) in [7, 11) is 1.62. The molecule has 96 valence electrons. The summed E-state index contributed by atoms with van der Waals surface area (Å²) in [6.07, 6.45) is 0. The van der Waals surface area contributed by atoms with Crippen LogP contribution in [0.5, 0.6) is 5.75 Å². The first-order chi connectivity index (χ1) is 8.63. The second-order valence-corrected chi connectivity index (χ2v) is 5.00. The van der Waals surface area contributed by atoms with Gasteiger partial charge in [0.15, 0.2) is 0 Å². The number of methoxy groups -OCH3 is 1. The molecule has 1 aromatic rings. The summed E-state index contributed by atoms with van der Waals surface area (Å²) in [4.78, 5) is 12.3. The van der Waals surface area contributed by atoms with E-state index in [1.54, 1.807) is 7.11 Å². The van der Waals surface area contributed by atoms with Crippen LogP contribution in [0.4, 0.5) is 11.4 Å². The van der Waals surface area contributed by atoms with E-state index < -0.39 is 5.41 Å². The van der Waals surface area contributed by atoms with Gasteiger partial charge in [0.05, 0.1) is 43.2 Å². The standard InChI is InChI=1S/C13H16N2O3/c1-13-7-18-6-11(13)14-10-5-8(17-2)3-4-9(10)15-12(13)16/h3-5,11,14H,6-7H2,1-2H3,(H,15,16). The van der Waals surface area contributed by atoms with Crippen LogP contribution in [-0.4, -0.2) is 32.3 Å². The monoisotopic (exact) mass is 248 g/mol. The van der Waals surface area contributed by atoms with Crippen molar-refractivity contribution < 1.29 is 14.3 Å². The van der Waals surface area contributed by atoms with Gasteiger partial charge in [-0.2, -0.15) is 0 Å². The Kier molecular flexibility index (Phi) is 2.45. The summed E-state index contributed by atoms with van der Waals surface area (Å²) in [5.74, 6) is 0.763. The molecule has 0 aromatic heterocycles. The molecule has 18 heavy (non-hydrogen) atoms. The van der Waals surface area contributed by atoms with Gasteiger partial charge in [0.2, 0.25) is 5.91 Å². The van der Waals surface area contributed by atoms with Crippen LogP contribution in [0.1, 0.15) is 6.92 Å². The highest BCUT2D eigenvalue weighted by molar-refractivity contribution is 6.00. The number of rotatable bonds is 1. The fourth-order valence-electron chi connectivity index (χ4n) is 2.43. The van der Waals surface area contributed by atoms with E-state index in [1.165, 1.54) is 0 Å². The molecule has 5 nitrogen and oxygen atoms in total. The van der Waals surface area contributed by atoms with Crippen molar-refractivity contribution in [2.75, 3.05) is 31.0 Å². The lowest BCUT2D eigenvalue weighted by atomic mass is 9.84. The van der Waals surface area contributed by atoms with Gasteiger partial charge in [0.25, 0.3) is 0 Å². The Labute approximate surface area is 105 Å². The lowest BCUT2D eigenvalue weighted by Crippen LogP contribution is -2.44. The Bertz CT molecular complexity index is 503. The van der Waals surface area contributed by atoms with Crippen LogP contribution in [-0.2, 0) is 9.53 Å². The molecule has 0 saturated carbocycles. The van der Waals surface area contributed by atoms with Gasteiger partial charge in [-0.1, -0.05) is 0 Å². The third kappa shape index (κ3) is 1.54. The third-order valence-electron chi connectivity index (χ3n) is 3.78. The van der Waals surface area contributed by atoms with Gasteiger partial charge >= 0.3 is 0 Å². The Morgan fingerprint density at radius 2 is 2.28 bits per heavy atom. The zero-order valence-corrected chi connectivity index (χ0v) is 10.4. The first-order valence-electron chi connectivity index (χ1n) is 5.97. The van der Waals surface area contributed by atoms with Gasteiger partial charge < -0.3 is 20.1 Å². The number of amides is 1. The van der Waals surface area contributed by atoms with Gasteiger partial charge in [-0.05, 0) is 19.1 Å². The lowest BCUT2D eigenvalue weighted by molar-refractivity contribution is -0.124. The highest BCUT2D eigenvalue weighted by atomic mass is 16.5. The molecule has 2 N–H and O–H groups in total. The van der Waals surface area contributed by atoms with Crippen molar-refractivity contribution >= 4 is 17.3 Å². The van der Waals surface area contributed by atoms with E-state index in [1.807, 2.05) is 25.1 Å². The summed E-state index contributed by atoms with van der Waals surface area (Å²) >= 11 is 0. The number of benzene rings is 1. The van der Waals surface area contributed by atoms with Gasteiger partial charge in [0.1, 0.15) is 5.75 Å². The maximum Gasteiger partial charge on any atom is 0.234 e. The quantitative estimate of drug-likeness (QED) is 0.790. The summed E-state index contributed by atoms with van der Waals surface area (Å²) in [6.45, 7) is 2.91. The van der Waals surface area contributed by atoms with Crippen LogP contribution >= 0.6 is 0 Å². The van der Waals surface area contributed by atoms with E-state index in [0.717, 1.165) is 17.1 Å². The van der Waals surface area contributed by atoms with Crippen LogP contribution in [0, 0.1) is 5.41 Å². The molecule has 2 aliphatic rings. The van der Waals surface area contributed by atoms with Crippen LogP contribution in [0.15, 0.2) is 18.2 Å². The third-order valence-corrected chi connectivity index (χ3v) is 3.78. The second kappa shape index (κ2) is 3.88. The molecule has 0 radical (unpaired) electrons. The van der Waals surface area contributed by atoms with Gasteiger partial charge in [-0.25, -0.2) is 0 Å². The van der Waals surface area contributed by atoms with Crippen molar-refractivity contribution in [1.82, 2.24) is 0 Å². The van der Waals surface area contributed by atoms with Crippen LogP contribution < -0.4 is 15.4 Å². The zero-order valence-electron chi connectivity index (χ0n) is 10.4. The number of carbonyl (C=O) groups is 1. The highest BCUT2D eigenvalue weighted by Gasteiger charge is 2.48. The molecule has 2 atom stereocenters.